The van der Waals surface area contributed by atoms with Gasteiger partial charge in [-0.05, 0) is 56.4 Å². The number of hydrogen-bond acceptors (Lipinski definition) is 2. The zero-order valence-corrected chi connectivity index (χ0v) is 15.0. The van der Waals surface area contributed by atoms with Crippen LogP contribution >= 0.6 is 0 Å². The summed E-state index contributed by atoms with van der Waals surface area (Å²) in [5.74, 6) is 3.14. The van der Waals surface area contributed by atoms with Gasteiger partial charge in [0.2, 0.25) is 0 Å². The maximum atomic E-state index is 6.91. The lowest BCUT2D eigenvalue weighted by Crippen LogP contribution is -2.50. The molecule has 21 heavy (non-hydrogen) atoms. The Morgan fingerprint density at radius 1 is 1.14 bits per heavy atom. The molecule has 124 valence electrons. The molecular formula is C19H37NO. The van der Waals surface area contributed by atoms with Gasteiger partial charge in [0.25, 0.3) is 0 Å². The molecule has 0 bridgehead atoms. The van der Waals surface area contributed by atoms with Gasteiger partial charge in [-0.15, -0.1) is 0 Å². The predicted molar refractivity (Wildman–Crippen MR) is 90.5 cm³/mol. The standard InChI is InChI=1S/C19H37NO/c1-14(2)17-9-8-15(3)11-18(17)21-19(13-20-5)10-6-7-16(4)12-19/h14-18,20H,6-13H2,1-5H3. The van der Waals surface area contributed by atoms with E-state index >= 15 is 0 Å². The van der Waals surface area contributed by atoms with Crippen LogP contribution in [-0.4, -0.2) is 25.3 Å². The van der Waals surface area contributed by atoms with E-state index in [1.54, 1.807) is 0 Å². The van der Waals surface area contributed by atoms with Crippen molar-refractivity contribution in [1.29, 1.82) is 0 Å². The van der Waals surface area contributed by atoms with E-state index in [9.17, 15) is 0 Å². The number of rotatable bonds is 5. The van der Waals surface area contributed by atoms with Gasteiger partial charge in [0.15, 0.2) is 0 Å². The van der Waals surface area contributed by atoms with Crippen LogP contribution in [-0.2, 0) is 4.74 Å². The second-order valence-electron chi connectivity index (χ2n) is 8.40. The number of nitrogens with one attached hydrogen (secondary N) is 1. The smallest absolute Gasteiger partial charge is 0.0812 e. The van der Waals surface area contributed by atoms with Gasteiger partial charge in [-0.1, -0.05) is 47.0 Å². The molecule has 0 aromatic rings. The second kappa shape index (κ2) is 7.46. The highest BCUT2D eigenvalue weighted by Gasteiger charge is 2.41. The van der Waals surface area contributed by atoms with Crippen LogP contribution in [0.25, 0.3) is 0 Å². The van der Waals surface area contributed by atoms with Crippen LogP contribution in [0.4, 0.5) is 0 Å². The van der Waals surface area contributed by atoms with Gasteiger partial charge in [-0.2, -0.15) is 0 Å². The monoisotopic (exact) mass is 295 g/mol. The van der Waals surface area contributed by atoms with E-state index in [1.807, 2.05) is 0 Å². The highest BCUT2D eigenvalue weighted by Crippen LogP contribution is 2.42. The van der Waals surface area contributed by atoms with E-state index in [-0.39, 0.29) is 5.60 Å². The summed E-state index contributed by atoms with van der Waals surface area (Å²) in [5, 5.41) is 3.42. The van der Waals surface area contributed by atoms with Gasteiger partial charge in [-0.3, -0.25) is 0 Å². The van der Waals surface area contributed by atoms with E-state index in [1.165, 1.54) is 44.9 Å². The molecule has 2 rings (SSSR count). The first kappa shape index (κ1) is 17.3. The highest BCUT2D eigenvalue weighted by atomic mass is 16.5. The molecule has 2 fully saturated rings. The van der Waals surface area contributed by atoms with Gasteiger partial charge < -0.3 is 10.1 Å². The van der Waals surface area contributed by atoms with Crippen molar-refractivity contribution >= 4 is 0 Å². The van der Waals surface area contributed by atoms with E-state index in [2.05, 4.69) is 40.1 Å². The average molecular weight is 296 g/mol. The van der Waals surface area contributed by atoms with Crippen LogP contribution in [0.2, 0.25) is 0 Å². The molecule has 2 aliphatic carbocycles. The van der Waals surface area contributed by atoms with Crippen molar-refractivity contribution in [2.45, 2.75) is 84.3 Å². The second-order valence-corrected chi connectivity index (χ2v) is 8.40. The first-order chi connectivity index (χ1) is 9.96. The zero-order chi connectivity index (χ0) is 15.5. The molecule has 0 saturated heterocycles. The third-order valence-corrected chi connectivity index (χ3v) is 5.91. The Hall–Kier alpha value is -0.0800. The fourth-order valence-corrected chi connectivity index (χ4v) is 4.81. The topological polar surface area (TPSA) is 21.3 Å². The van der Waals surface area contributed by atoms with Crippen molar-refractivity contribution in [3.8, 4) is 0 Å². The molecule has 2 saturated carbocycles. The van der Waals surface area contributed by atoms with Crippen molar-refractivity contribution in [3.63, 3.8) is 0 Å². The Morgan fingerprint density at radius 2 is 1.90 bits per heavy atom. The first-order valence-electron chi connectivity index (χ1n) is 9.28. The number of ether oxygens (including phenoxy) is 1. The lowest BCUT2D eigenvalue weighted by atomic mass is 9.74. The van der Waals surface area contributed by atoms with Crippen LogP contribution in [0.15, 0.2) is 0 Å². The summed E-state index contributed by atoms with van der Waals surface area (Å²) >= 11 is 0. The van der Waals surface area contributed by atoms with Gasteiger partial charge in [-0.25, -0.2) is 0 Å². The quantitative estimate of drug-likeness (QED) is 0.798. The van der Waals surface area contributed by atoms with Gasteiger partial charge in [0, 0.05) is 6.54 Å². The molecule has 5 atom stereocenters. The molecule has 0 aromatic heterocycles. The maximum Gasteiger partial charge on any atom is 0.0812 e. The zero-order valence-electron chi connectivity index (χ0n) is 15.0. The summed E-state index contributed by atoms with van der Waals surface area (Å²) < 4.78 is 6.91. The molecule has 2 aliphatic rings. The Bertz CT molecular complexity index is 313. The Morgan fingerprint density at radius 3 is 2.52 bits per heavy atom. The Kier molecular flexibility index (Phi) is 6.14. The summed E-state index contributed by atoms with van der Waals surface area (Å²) in [7, 11) is 2.08. The minimum Gasteiger partial charge on any atom is -0.370 e. The third kappa shape index (κ3) is 4.45. The summed E-state index contributed by atoms with van der Waals surface area (Å²) in [4.78, 5) is 0. The van der Waals surface area contributed by atoms with Crippen molar-refractivity contribution in [2.75, 3.05) is 13.6 Å². The summed E-state index contributed by atoms with van der Waals surface area (Å²) in [6.07, 6.45) is 9.68. The molecule has 5 unspecified atom stereocenters. The minimum atomic E-state index is 0.0985. The van der Waals surface area contributed by atoms with Crippen LogP contribution in [0.3, 0.4) is 0 Å². The Labute approximate surface area is 132 Å². The van der Waals surface area contributed by atoms with Crippen molar-refractivity contribution in [2.24, 2.45) is 23.7 Å². The normalized spacial score (nSPS) is 41.4. The molecule has 1 N–H and O–H groups in total. The van der Waals surface area contributed by atoms with Crippen molar-refractivity contribution in [1.82, 2.24) is 5.32 Å². The van der Waals surface area contributed by atoms with E-state index in [0.717, 1.165) is 30.2 Å². The third-order valence-electron chi connectivity index (χ3n) is 5.91. The van der Waals surface area contributed by atoms with Crippen LogP contribution in [0.1, 0.15) is 72.6 Å². The fraction of sp³-hybridized carbons (Fsp3) is 1.00. The van der Waals surface area contributed by atoms with Gasteiger partial charge in [0.1, 0.15) is 0 Å². The number of hydrogen-bond donors (Lipinski definition) is 1. The van der Waals surface area contributed by atoms with Gasteiger partial charge >= 0.3 is 0 Å². The number of likely N-dealkylation sites (N-methyl/N-ethyl adjacent to an activating group) is 1. The molecule has 0 heterocycles. The van der Waals surface area contributed by atoms with Crippen molar-refractivity contribution in [3.05, 3.63) is 0 Å². The van der Waals surface area contributed by atoms with Crippen LogP contribution in [0, 0.1) is 23.7 Å². The summed E-state index contributed by atoms with van der Waals surface area (Å²) in [5.41, 5.74) is 0.0985. The SMILES string of the molecule is CNCC1(OC2CC(C)CCC2C(C)C)CCCC(C)C1. The lowest BCUT2D eigenvalue weighted by Gasteiger charge is -2.47. The molecule has 0 amide bonds. The van der Waals surface area contributed by atoms with E-state index < -0.39 is 0 Å². The van der Waals surface area contributed by atoms with E-state index in [4.69, 9.17) is 4.74 Å². The lowest BCUT2D eigenvalue weighted by molar-refractivity contribution is -0.157. The Balaban J connectivity index is 2.09. The molecule has 2 nitrogen and oxygen atoms in total. The maximum absolute atomic E-state index is 6.91. The highest BCUT2D eigenvalue weighted by molar-refractivity contribution is 4.92. The van der Waals surface area contributed by atoms with Crippen LogP contribution < -0.4 is 5.32 Å². The minimum absolute atomic E-state index is 0.0985. The summed E-state index contributed by atoms with van der Waals surface area (Å²) in [6.45, 7) is 10.6. The molecule has 2 heteroatoms. The predicted octanol–water partition coefficient (Wildman–Crippen LogP) is 4.63. The largest absolute Gasteiger partial charge is 0.370 e. The average Bonchev–Trinajstić information content (AvgIpc) is 2.38. The molecule has 0 radical (unpaired) electrons. The van der Waals surface area contributed by atoms with E-state index in [0.29, 0.717) is 6.10 Å². The molecule has 0 aliphatic heterocycles. The first-order valence-corrected chi connectivity index (χ1v) is 9.28. The molecule has 0 aromatic carbocycles. The van der Waals surface area contributed by atoms with Crippen LogP contribution in [0.5, 0.6) is 0 Å². The fourth-order valence-electron chi connectivity index (χ4n) is 4.81. The molecular weight excluding hydrogens is 258 g/mol. The molecule has 0 spiro atoms. The summed E-state index contributed by atoms with van der Waals surface area (Å²) in [6, 6.07) is 0. The van der Waals surface area contributed by atoms with Gasteiger partial charge in [0.05, 0.1) is 11.7 Å². The van der Waals surface area contributed by atoms with Crippen molar-refractivity contribution < 1.29 is 4.74 Å².